The highest BCUT2D eigenvalue weighted by Gasteiger charge is 2.39. The Morgan fingerprint density at radius 3 is 2.46 bits per heavy atom. The van der Waals surface area contributed by atoms with Crippen LogP contribution in [0.15, 0.2) is 12.1 Å². The van der Waals surface area contributed by atoms with Gasteiger partial charge in [0.25, 0.3) is 0 Å². The number of carbonyl (C=O) groups excluding carboxylic acids is 1. The first-order valence-electron chi connectivity index (χ1n) is 10.3. The summed E-state index contributed by atoms with van der Waals surface area (Å²) in [6, 6.07) is 3.44. The normalized spacial score (nSPS) is 18.4. The van der Waals surface area contributed by atoms with E-state index >= 15 is 4.39 Å². The number of anilines is 1. The molecule has 2 N–H and O–H groups in total. The highest BCUT2D eigenvalue weighted by atomic mass is 19.1. The van der Waals surface area contributed by atoms with Crippen LogP contribution in [0.25, 0.3) is 11.0 Å². The SMILES string of the molecule is CC(C)(O)c1ccc2nc(NC(=O)CC(C)(C)C3CC3)n(C3CCC3)c2c1F. The van der Waals surface area contributed by atoms with Gasteiger partial charge in [0.1, 0.15) is 5.52 Å². The lowest BCUT2D eigenvalue weighted by Crippen LogP contribution is -2.27. The van der Waals surface area contributed by atoms with Crippen molar-refractivity contribution in [2.45, 2.75) is 77.9 Å². The number of fused-ring (bicyclic) bond motifs is 1. The van der Waals surface area contributed by atoms with Crippen molar-refractivity contribution in [1.29, 1.82) is 0 Å². The third kappa shape index (κ3) is 3.43. The molecule has 1 amide bonds. The lowest BCUT2D eigenvalue weighted by molar-refractivity contribution is -0.118. The van der Waals surface area contributed by atoms with Crippen molar-refractivity contribution in [2.24, 2.45) is 11.3 Å². The summed E-state index contributed by atoms with van der Waals surface area (Å²) in [6.07, 6.45) is 5.77. The Morgan fingerprint density at radius 2 is 1.93 bits per heavy atom. The molecule has 4 rings (SSSR count). The zero-order valence-corrected chi connectivity index (χ0v) is 17.2. The van der Waals surface area contributed by atoms with Crippen LogP contribution in [0.4, 0.5) is 10.3 Å². The first-order chi connectivity index (χ1) is 13.1. The van der Waals surface area contributed by atoms with Crippen LogP contribution >= 0.6 is 0 Å². The van der Waals surface area contributed by atoms with Gasteiger partial charge >= 0.3 is 0 Å². The number of rotatable bonds is 6. The molecule has 152 valence electrons. The Morgan fingerprint density at radius 1 is 1.25 bits per heavy atom. The third-order valence-electron chi connectivity index (χ3n) is 6.44. The molecule has 0 saturated heterocycles. The highest BCUT2D eigenvalue weighted by Crippen LogP contribution is 2.47. The fraction of sp³-hybridized carbons (Fsp3) is 0.636. The van der Waals surface area contributed by atoms with E-state index in [9.17, 15) is 9.90 Å². The number of aromatic nitrogens is 2. The number of hydrogen-bond donors (Lipinski definition) is 2. The fourth-order valence-electron chi connectivity index (χ4n) is 4.30. The van der Waals surface area contributed by atoms with Gasteiger partial charge in [0.2, 0.25) is 11.9 Å². The van der Waals surface area contributed by atoms with Crippen LogP contribution in [-0.2, 0) is 10.4 Å². The first-order valence-corrected chi connectivity index (χ1v) is 10.3. The van der Waals surface area contributed by atoms with E-state index in [0.29, 0.717) is 29.3 Å². The number of benzene rings is 1. The van der Waals surface area contributed by atoms with Gasteiger partial charge in [-0.1, -0.05) is 19.9 Å². The molecule has 2 saturated carbocycles. The summed E-state index contributed by atoms with van der Waals surface area (Å²) >= 11 is 0. The van der Waals surface area contributed by atoms with Crippen molar-refractivity contribution in [3.05, 3.63) is 23.5 Å². The van der Waals surface area contributed by atoms with Crippen LogP contribution in [0, 0.1) is 17.2 Å². The summed E-state index contributed by atoms with van der Waals surface area (Å²) in [6.45, 7) is 7.41. The van der Waals surface area contributed by atoms with E-state index in [4.69, 9.17) is 0 Å². The molecule has 28 heavy (non-hydrogen) atoms. The molecule has 0 bridgehead atoms. The van der Waals surface area contributed by atoms with E-state index in [0.717, 1.165) is 19.3 Å². The van der Waals surface area contributed by atoms with Crippen LogP contribution in [0.3, 0.4) is 0 Å². The molecule has 6 heteroatoms. The van der Waals surface area contributed by atoms with Crippen LogP contribution in [0.5, 0.6) is 0 Å². The minimum absolute atomic E-state index is 0.0310. The minimum atomic E-state index is -1.29. The molecule has 0 radical (unpaired) electrons. The van der Waals surface area contributed by atoms with E-state index in [1.54, 1.807) is 26.0 Å². The summed E-state index contributed by atoms with van der Waals surface area (Å²) in [4.78, 5) is 17.3. The summed E-state index contributed by atoms with van der Waals surface area (Å²) in [5, 5.41) is 13.3. The number of halogens is 1. The van der Waals surface area contributed by atoms with Crippen molar-refractivity contribution in [3.63, 3.8) is 0 Å². The molecular weight excluding hydrogens is 357 g/mol. The number of hydrogen-bond acceptors (Lipinski definition) is 3. The Bertz CT molecular complexity index is 918. The van der Waals surface area contributed by atoms with Gasteiger partial charge in [0, 0.05) is 18.0 Å². The Kier molecular flexibility index (Phi) is 4.53. The summed E-state index contributed by atoms with van der Waals surface area (Å²) < 4.78 is 17.2. The molecule has 2 aromatic rings. The third-order valence-corrected chi connectivity index (χ3v) is 6.44. The number of nitrogens with one attached hydrogen (secondary N) is 1. The smallest absolute Gasteiger partial charge is 0.227 e. The standard InChI is InChI=1S/C22H30FN3O2/c1-21(2,13-8-9-13)12-17(27)25-20-24-16-11-10-15(22(3,4)28)18(23)19(16)26(20)14-6-5-7-14/h10-11,13-14,28H,5-9,12H2,1-4H3,(H,24,25,27). The molecule has 2 aliphatic rings. The predicted octanol–water partition coefficient (Wildman–Crippen LogP) is 4.89. The zero-order valence-electron chi connectivity index (χ0n) is 17.2. The van der Waals surface area contributed by atoms with Gasteiger partial charge in [-0.05, 0) is 63.4 Å². The Balaban J connectivity index is 1.71. The van der Waals surface area contributed by atoms with Gasteiger partial charge in [-0.2, -0.15) is 0 Å². The highest BCUT2D eigenvalue weighted by molar-refractivity contribution is 5.92. The lowest BCUT2D eigenvalue weighted by Gasteiger charge is -2.30. The van der Waals surface area contributed by atoms with Crippen molar-refractivity contribution in [2.75, 3.05) is 5.32 Å². The average molecular weight is 387 g/mol. The topological polar surface area (TPSA) is 67.2 Å². The molecule has 1 aromatic heterocycles. The monoisotopic (exact) mass is 387 g/mol. The maximum absolute atomic E-state index is 15.3. The molecule has 0 aliphatic heterocycles. The molecule has 2 fully saturated rings. The Labute approximate surface area is 165 Å². The summed E-state index contributed by atoms with van der Waals surface area (Å²) in [5.74, 6) is 0.498. The second-order valence-electron chi connectivity index (χ2n) is 9.73. The number of nitrogens with zero attached hydrogens (tertiary/aromatic N) is 2. The Hall–Kier alpha value is -1.95. The largest absolute Gasteiger partial charge is 0.386 e. The van der Waals surface area contributed by atoms with Crippen molar-refractivity contribution >= 4 is 22.9 Å². The fourth-order valence-corrected chi connectivity index (χ4v) is 4.30. The van der Waals surface area contributed by atoms with Gasteiger partial charge in [-0.15, -0.1) is 0 Å². The van der Waals surface area contributed by atoms with Crippen molar-refractivity contribution in [3.8, 4) is 0 Å². The second kappa shape index (κ2) is 6.55. The number of aliphatic hydroxyl groups is 1. The van der Waals surface area contributed by atoms with E-state index in [-0.39, 0.29) is 22.9 Å². The molecule has 1 heterocycles. The van der Waals surface area contributed by atoms with Crippen LogP contribution in [0.2, 0.25) is 0 Å². The lowest BCUT2D eigenvalue weighted by atomic mass is 9.83. The number of amides is 1. The van der Waals surface area contributed by atoms with Crippen LogP contribution < -0.4 is 5.32 Å². The van der Waals surface area contributed by atoms with E-state index < -0.39 is 11.4 Å². The number of imidazole rings is 1. The van der Waals surface area contributed by atoms with Crippen molar-refractivity contribution < 1.29 is 14.3 Å². The molecule has 0 unspecified atom stereocenters. The second-order valence-corrected chi connectivity index (χ2v) is 9.73. The molecular formula is C22H30FN3O2. The quantitative estimate of drug-likeness (QED) is 0.741. The summed E-state index contributed by atoms with van der Waals surface area (Å²) in [7, 11) is 0. The van der Waals surface area contributed by atoms with Gasteiger partial charge in [0.05, 0.1) is 11.1 Å². The van der Waals surface area contributed by atoms with Crippen molar-refractivity contribution in [1.82, 2.24) is 9.55 Å². The molecule has 0 atom stereocenters. The predicted molar refractivity (Wildman–Crippen MR) is 108 cm³/mol. The average Bonchev–Trinajstić information content (AvgIpc) is 3.30. The minimum Gasteiger partial charge on any atom is -0.386 e. The van der Waals surface area contributed by atoms with Gasteiger partial charge < -0.3 is 9.67 Å². The van der Waals surface area contributed by atoms with Gasteiger partial charge in [0.15, 0.2) is 5.82 Å². The first kappa shape index (κ1) is 19.4. The van der Waals surface area contributed by atoms with Gasteiger partial charge in [-0.3, -0.25) is 10.1 Å². The van der Waals surface area contributed by atoms with Crippen LogP contribution in [-0.4, -0.2) is 20.6 Å². The zero-order chi connectivity index (χ0) is 20.3. The van der Waals surface area contributed by atoms with E-state index in [1.807, 2.05) is 4.57 Å². The van der Waals surface area contributed by atoms with Gasteiger partial charge in [-0.25, -0.2) is 9.37 Å². The maximum Gasteiger partial charge on any atom is 0.227 e. The maximum atomic E-state index is 15.3. The van der Waals surface area contributed by atoms with E-state index in [1.165, 1.54) is 12.8 Å². The van der Waals surface area contributed by atoms with E-state index in [2.05, 4.69) is 24.1 Å². The van der Waals surface area contributed by atoms with Crippen LogP contribution in [0.1, 0.15) is 77.8 Å². The molecule has 5 nitrogen and oxygen atoms in total. The molecule has 2 aliphatic carbocycles. The molecule has 1 aromatic carbocycles. The molecule has 0 spiro atoms. The summed E-state index contributed by atoms with van der Waals surface area (Å²) in [5.41, 5.74) is -0.190. The number of carbonyl (C=O) groups is 1.